The molecule has 0 spiro atoms. The van der Waals surface area contributed by atoms with E-state index in [2.05, 4.69) is 27.3 Å². The summed E-state index contributed by atoms with van der Waals surface area (Å²) in [6, 6.07) is 14.3. The average molecular weight is 479 g/mol. The fraction of sp³-hybridized carbons (Fsp3) is 0.536. The fourth-order valence-corrected chi connectivity index (χ4v) is 4.99. The zero-order chi connectivity index (χ0) is 24.3. The summed E-state index contributed by atoms with van der Waals surface area (Å²) in [6.07, 6.45) is 8.38. The van der Waals surface area contributed by atoms with Crippen LogP contribution in [0.4, 0.5) is 0 Å². The van der Waals surface area contributed by atoms with E-state index in [4.69, 9.17) is 4.74 Å². The number of nitrogens with one attached hydrogen (secondary N) is 1. The number of nitrogens with zero attached hydrogens (tertiary/aromatic N) is 3. The molecule has 7 heteroatoms. The number of hydrogen-bond acceptors (Lipinski definition) is 5. The maximum absolute atomic E-state index is 13.1. The van der Waals surface area contributed by atoms with Crippen LogP contribution >= 0.6 is 0 Å². The van der Waals surface area contributed by atoms with Crippen molar-refractivity contribution >= 4 is 11.8 Å². The van der Waals surface area contributed by atoms with Gasteiger partial charge in [-0.25, -0.2) is 0 Å². The quantitative estimate of drug-likeness (QED) is 0.530. The van der Waals surface area contributed by atoms with Gasteiger partial charge in [0.15, 0.2) is 0 Å². The summed E-state index contributed by atoms with van der Waals surface area (Å²) in [4.78, 5) is 33.9. The van der Waals surface area contributed by atoms with Crippen molar-refractivity contribution in [3.63, 3.8) is 0 Å². The minimum atomic E-state index is 0.0830. The van der Waals surface area contributed by atoms with Gasteiger partial charge in [-0.2, -0.15) is 0 Å². The summed E-state index contributed by atoms with van der Waals surface area (Å²) in [6.45, 7) is 5.48. The van der Waals surface area contributed by atoms with Crippen molar-refractivity contribution in [3.8, 4) is 0 Å². The van der Waals surface area contributed by atoms with Crippen LogP contribution in [0.15, 0.2) is 54.9 Å². The van der Waals surface area contributed by atoms with Crippen LogP contribution in [0.1, 0.15) is 49.7 Å². The Kier molecular flexibility index (Phi) is 9.66. The number of likely N-dealkylation sites (tertiary alicyclic amines) is 2. The van der Waals surface area contributed by atoms with Crippen LogP contribution < -0.4 is 5.32 Å². The number of pyridine rings is 1. The van der Waals surface area contributed by atoms with Gasteiger partial charge in [-0.05, 0) is 68.5 Å². The summed E-state index contributed by atoms with van der Waals surface area (Å²) in [5.41, 5.74) is 2.42. The maximum atomic E-state index is 13.1. The van der Waals surface area contributed by atoms with Crippen molar-refractivity contribution < 1.29 is 14.3 Å². The van der Waals surface area contributed by atoms with Gasteiger partial charge >= 0.3 is 0 Å². The zero-order valence-corrected chi connectivity index (χ0v) is 20.6. The van der Waals surface area contributed by atoms with Crippen molar-refractivity contribution in [2.45, 2.75) is 57.7 Å². The van der Waals surface area contributed by atoms with E-state index < -0.39 is 0 Å². The molecule has 0 unspecified atom stereocenters. The van der Waals surface area contributed by atoms with Gasteiger partial charge in [-0.15, -0.1) is 0 Å². The first-order valence-corrected chi connectivity index (χ1v) is 13.0. The smallest absolute Gasteiger partial charge is 0.225 e. The number of carbonyl (C=O) groups excluding carboxylic acids is 2. The first kappa shape index (κ1) is 25.3. The standard InChI is InChI=1S/C28H38N4O3/c33-27(7-4-20-35-22-24-5-2-1-3-6-24)30-26-12-18-32(19-13-26)28(34)25-10-16-31(17-11-25)21-23-8-14-29-15-9-23/h1-3,5-6,8-9,14-15,25-26H,4,7,10-13,16-22H2,(H,30,33). The third-order valence-electron chi connectivity index (χ3n) is 7.07. The van der Waals surface area contributed by atoms with Crippen molar-refractivity contribution in [2.24, 2.45) is 5.92 Å². The Bertz CT molecular complexity index is 908. The lowest BCUT2D eigenvalue weighted by Crippen LogP contribution is -2.49. The van der Waals surface area contributed by atoms with Crippen molar-refractivity contribution in [1.29, 1.82) is 0 Å². The fourth-order valence-electron chi connectivity index (χ4n) is 4.99. The van der Waals surface area contributed by atoms with Crippen molar-refractivity contribution in [2.75, 3.05) is 32.8 Å². The Morgan fingerprint density at radius 1 is 0.914 bits per heavy atom. The summed E-state index contributed by atoms with van der Waals surface area (Å²) in [5.74, 6) is 0.513. The van der Waals surface area contributed by atoms with Crippen LogP contribution in [0.3, 0.4) is 0 Å². The van der Waals surface area contributed by atoms with Gasteiger partial charge in [-0.1, -0.05) is 30.3 Å². The predicted octanol–water partition coefficient (Wildman–Crippen LogP) is 3.40. The van der Waals surface area contributed by atoms with Gasteiger partial charge < -0.3 is 15.0 Å². The van der Waals surface area contributed by atoms with E-state index in [9.17, 15) is 9.59 Å². The molecule has 2 saturated heterocycles. The lowest BCUT2D eigenvalue weighted by atomic mass is 9.93. The molecule has 35 heavy (non-hydrogen) atoms. The normalized spacial score (nSPS) is 17.9. The molecule has 0 atom stereocenters. The van der Waals surface area contributed by atoms with Gasteiger partial charge in [0.1, 0.15) is 0 Å². The second kappa shape index (κ2) is 13.4. The largest absolute Gasteiger partial charge is 0.377 e. The molecule has 0 aliphatic carbocycles. The molecule has 1 aromatic carbocycles. The molecule has 188 valence electrons. The van der Waals surface area contributed by atoms with E-state index in [0.29, 0.717) is 25.5 Å². The highest BCUT2D eigenvalue weighted by molar-refractivity contribution is 5.79. The highest BCUT2D eigenvalue weighted by Gasteiger charge is 2.31. The summed E-state index contributed by atoms with van der Waals surface area (Å²) in [7, 11) is 0. The predicted molar refractivity (Wildman–Crippen MR) is 135 cm³/mol. The lowest BCUT2D eigenvalue weighted by molar-refractivity contribution is -0.138. The van der Waals surface area contributed by atoms with Crippen LogP contribution in [0.5, 0.6) is 0 Å². The third kappa shape index (κ3) is 8.15. The first-order valence-electron chi connectivity index (χ1n) is 13.0. The number of carbonyl (C=O) groups is 2. The summed E-state index contributed by atoms with van der Waals surface area (Å²) in [5, 5.41) is 3.15. The molecule has 1 N–H and O–H groups in total. The Morgan fingerprint density at radius 3 is 2.34 bits per heavy atom. The number of hydrogen-bond donors (Lipinski definition) is 1. The second-order valence-corrected chi connectivity index (χ2v) is 9.71. The highest BCUT2D eigenvalue weighted by Crippen LogP contribution is 2.23. The van der Waals surface area contributed by atoms with Crippen LogP contribution in [-0.2, 0) is 27.5 Å². The van der Waals surface area contributed by atoms with E-state index in [1.54, 1.807) is 0 Å². The van der Waals surface area contributed by atoms with Gasteiger partial charge in [-0.3, -0.25) is 19.5 Å². The second-order valence-electron chi connectivity index (χ2n) is 9.71. The maximum Gasteiger partial charge on any atom is 0.225 e. The highest BCUT2D eigenvalue weighted by atomic mass is 16.5. The number of piperidine rings is 2. The molecular weight excluding hydrogens is 440 g/mol. The molecule has 1 aromatic heterocycles. The molecule has 2 aliphatic heterocycles. The zero-order valence-electron chi connectivity index (χ0n) is 20.6. The van der Waals surface area contributed by atoms with Crippen LogP contribution in [0, 0.1) is 5.92 Å². The average Bonchev–Trinajstić information content (AvgIpc) is 2.90. The molecule has 2 aromatic rings. The topological polar surface area (TPSA) is 74.8 Å². The molecule has 2 amide bonds. The number of aromatic nitrogens is 1. The Labute approximate surface area is 208 Å². The number of ether oxygens (including phenoxy) is 1. The first-order chi connectivity index (χ1) is 17.2. The molecule has 3 heterocycles. The molecule has 2 fully saturated rings. The number of rotatable bonds is 10. The van der Waals surface area contributed by atoms with Crippen molar-refractivity contribution in [3.05, 3.63) is 66.0 Å². The Morgan fingerprint density at radius 2 is 1.63 bits per heavy atom. The van der Waals surface area contributed by atoms with Crippen molar-refractivity contribution in [1.82, 2.24) is 20.1 Å². The van der Waals surface area contributed by atoms with Gasteiger partial charge in [0.2, 0.25) is 11.8 Å². The summed E-state index contributed by atoms with van der Waals surface area (Å²) >= 11 is 0. The number of benzene rings is 1. The minimum Gasteiger partial charge on any atom is -0.377 e. The van der Waals surface area contributed by atoms with E-state index in [-0.39, 0.29) is 17.9 Å². The third-order valence-corrected chi connectivity index (χ3v) is 7.07. The lowest BCUT2D eigenvalue weighted by Gasteiger charge is -2.37. The van der Waals surface area contributed by atoms with Crippen LogP contribution in [0.2, 0.25) is 0 Å². The van der Waals surface area contributed by atoms with E-state index >= 15 is 0 Å². The van der Waals surface area contributed by atoms with Gasteiger partial charge in [0.05, 0.1) is 6.61 Å². The molecule has 2 aliphatic rings. The summed E-state index contributed by atoms with van der Waals surface area (Å²) < 4.78 is 5.66. The molecular formula is C28H38N4O3. The monoisotopic (exact) mass is 478 g/mol. The molecule has 0 bridgehead atoms. The Balaban J connectivity index is 1.07. The Hall–Kier alpha value is -2.77. The van der Waals surface area contributed by atoms with E-state index in [1.165, 1.54) is 5.56 Å². The SMILES string of the molecule is O=C(CCCOCc1ccccc1)NC1CCN(C(=O)C2CCN(Cc3ccncc3)CC2)CC1. The number of amides is 2. The molecule has 0 radical (unpaired) electrons. The van der Waals surface area contributed by atoms with Gasteiger partial charge in [0, 0.05) is 57.0 Å². The minimum absolute atomic E-state index is 0.0830. The molecule has 7 nitrogen and oxygen atoms in total. The van der Waals surface area contributed by atoms with Crippen LogP contribution in [0.25, 0.3) is 0 Å². The van der Waals surface area contributed by atoms with Crippen LogP contribution in [-0.4, -0.2) is 65.4 Å². The van der Waals surface area contributed by atoms with Gasteiger partial charge in [0.25, 0.3) is 0 Å². The molecule has 0 saturated carbocycles. The molecule has 4 rings (SSSR count). The van der Waals surface area contributed by atoms with E-state index in [0.717, 1.165) is 70.4 Å². The van der Waals surface area contributed by atoms with E-state index in [1.807, 2.05) is 47.6 Å².